The van der Waals surface area contributed by atoms with Crippen molar-refractivity contribution in [2.75, 3.05) is 6.54 Å². The van der Waals surface area contributed by atoms with Crippen molar-refractivity contribution < 1.29 is 9.59 Å². The molecule has 0 saturated heterocycles. The van der Waals surface area contributed by atoms with Crippen molar-refractivity contribution in [3.63, 3.8) is 0 Å². The van der Waals surface area contributed by atoms with Crippen LogP contribution in [0.5, 0.6) is 0 Å². The summed E-state index contributed by atoms with van der Waals surface area (Å²) in [5.74, 6) is -0.167. The van der Waals surface area contributed by atoms with Crippen molar-refractivity contribution in [1.29, 1.82) is 0 Å². The monoisotopic (exact) mass is 359 g/mol. The van der Waals surface area contributed by atoms with Gasteiger partial charge in [0.05, 0.1) is 12.1 Å². The molecule has 1 aromatic carbocycles. The molecule has 0 radical (unpaired) electrons. The van der Waals surface area contributed by atoms with E-state index in [1.54, 1.807) is 6.07 Å². The summed E-state index contributed by atoms with van der Waals surface area (Å²) in [6.45, 7) is 7.57. The Labute approximate surface area is 121 Å². The number of ketones is 1. The van der Waals surface area contributed by atoms with Gasteiger partial charge in [0.2, 0.25) is 0 Å². The van der Waals surface area contributed by atoms with Crippen molar-refractivity contribution in [1.82, 2.24) is 5.32 Å². The Kier molecular flexibility index (Phi) is 4.90. The van der Waals surface area contributed by atoms with E-state index in [4.69, 9.17) is 0 Å². The van der Waals surface area contributed by atoms with Crippen LogP contribution in [0, 0.1) is 15.9 Å². The minimum Gasteiger partial charge on any atom is -0.345 e. The summed E-state index contributed by atoms with van der Waals surface area (Å²) in [7, 11) is 0. The van der Waals surface area contributed by atoms with Crippen LogP contribution in [-0.2, 0) is 4.79 Å². The number of amides is 1. The van der Waals surface area contributed by atoms with Gasteiger partial charge in [-0.1, -0.05) is 32.9 Å². The van der Waals surface area contributed by atoms with Gasteiger partial charge in [0.25, 0.3) is 5.91 Å². The number of carbonyl (C=O) groups excluding carboxylic acids is 2. The molecule has 0 aliphatic carbocycles. The second-order valence-corrected chi connectivity index (χ2v) is 6.37. The number of nitrogens with one attached hydrogen (secondary N) is 1. The van der Waals surface area contributed by atoms with E-state index >= 15 is 0 Å². The van der Waals surface area contributed by atoms with E-state index in [0.29, 0.717) is 5.56 Å². The summed E-state index contributed by atoms with van der Waals surface area (Å²) in [5, 5.41) is 2.68. The van der Waals surface area contributed by atoms with Crippen LogP contribution in [0.15, 0.2) is 18.2 Å². The minimum atomic E-state index is -0.424. The summed E-state index contributed by atoms with van der Waals surface area (Å²) >= 11 is 2.15. The highest BCUT2D eigenvalue weighted by Gasteiger charge is 2.22. The lowest BCUT2D eigenvalue weighted by Crippen LogP contribution is -2.35. The third-order valence-electron chi connectivity index (χ3n) is 2.68. The van der Waals surface area contributed by atoms with Crippen LogP contribution in [0.25, 0.3) is 0 Å². The molecule has 1 aromatic rings. The lowest BCUT2D eigenvalue weighted by atomic mass is 9.91. The first kappa shape index (κ1) is 15.1. The first-order valence-corrected chi connectivity index (χ1v) is 6.88. The second-order valence-electron chi connectivity index (χ2n) is 5.29. The highest BCUT2D eigenvalue weighted by molar-refractivity contribution is 14.1. The van der Waals surface area contributed by atoms with Crippen molar-refractivity contribution >= 4 is 34.3 Å². The van der Waals surface area contributed by atoms with Crippen molar-refractivity contribution in [3.05, 3.63) is 32.9 Å². The quantitative estimate of drug-likeness (QED) is 0.844. The summed E-state index contributed by atoms with van der Waals surface area (Å²) in [6.07, 6.45) is 0. The summed E-state index contributed by atoms with van der Waals surface area (Å²) in [5.41, 5.74) is 1.26. The zero-order chi connectivity index (χ0) is 13.9. The highest BCUT2D eigenvalue weighted by atomic mass is 127. The van der Waals surface area contributed by atoms with Crippen molar-refractivity contribution in [2.24, 2.45) is 5.41 Å². The fourth-order valence-corrected chi connectivity index (χ4v) is 1.95. The van der Waals surface area contributed by atoms with Crippen molar-refractivity contribution in [2.45, 2.75) is 27.7 Å². The summed E-state index contributed by atoms with van der Waals surface area (Å²) < 4.78 is 0.927. The van der Waals surface area contributed by atoms with Crippen LogP contribution in [-0.4, -0.2) is 18.2 Å². The Bertz CT molecular complexity index is 475. The van der Waals surface area contributed by atoms with Gasteiger partial charge in [-0.05, 0) is 41.1 Å². The summed E-state index contributed by atoms with van der Waals surface area (Å²) in [6, 6.07) is 5.57. The normalized spacial score (nSPS) is 11.2. The predicted octanol–water partition coefficient (Wildman–Crippen LogP) is 2.94. The largest absolute Gasteiger partial charge is 0.345 e. The maximum atomic E-state index is 12.0. The Hall–Kier alpha value is -0.910. The molecule has 3 nitrogen and oxygen atoms in total. The molecular weight excluding hydrogens is 341 g/mol. The van der Waals surface area contributed by atoms with E-state index in [9.17, 15) is 9.59 Å². The van der Waals surface area contributed by atoms with E-state index in [2.05, 4.69) is 27.9 Å². The maximum Gasteiger partial charge on any atom is 0.252 e. The minimum absolute atomic E-state index is 0.0264. The number of hydrogen-bond acceptors (Lipinski definition) is 2. The summed E-state index contributed by atoms with van der Waals surface area (Å²) in [4.78, 5) is 23.7. The van der Waals surface area contributed by atoms with E-state index < -0.39 is 5.41 Å². The maximum absolute atomic E-state index is 12.0. The molecule has 4 heteroatoms. The molecule has 0 aliphatic heterocycles. The first-order valence-electron chi connectivity index (χ1n) is 5.80. The molecule has 0 saturated carbocycles. The molecule has 98 valence electrons. The van der Waals surface area contributed by atoms with Crippen molar-refractivity contribution in [3.8, 4) is 0 Å². The van der Waals surface area contributed by atoms with E-state index in [1.807, 2.05) is 39.8 Å². The van der Waals surface area contributed by atoms with Gasteiger partial charge in [0, 0.05) is 8.99 Å². The molecule has 0 aliphatic rings. The third kappa shape index (κ3) is 3.80. The zero-order valence-corrected chi connectivity index (χ0v) is 13.3. The number of rotatable bonds is 3. The third-order valence-corrected chi connectivity index (χ3v) is 4.11. The first-order chi connectivity index (χ1) is 8.23. The van der Waals surface area contributed by atoms with Crippen LogP contribution >= 0.6 is 22.6 Å². The molecule has 1 rings (SSSR count). The van der Waals surface area contributed by atoms with Gasteiger partial charge in [-0.15, -0.1) is 0 Å². The van der Waals surface area contributed by atoms with Crippen LogP contribution in [0.3, 0.4) is 0 Å². The van der Waals surface area contributed by atoms with Gasteiger partial charge in [0.1, 0.15) is 0 Å². The molecule has 0 spiro atoms. The number of carbonyl (C=O) groups is 2. The number of halogens is 1. The fourth-order valence-electron chi connectivity index (χ4n) is 1.34. The van der Waals surface area contributed by atoms with Gasteiger partial charge >= 0.3 is 0 Å². The molecule has 0 fully saturated rings. The average molecular weight is 359 g/mol. The Balaban J connectivity index is 2.73. The standard InChI is InChI=1S/C14H18INO2/c1-9-6-5-7-10(12(9)15)13(18)16-8-11(17)14(2,3)4/h5-7H,8H2,1-4H3,(H,16,18). The fraction of sp³-hybridized carbons (Fsp3) is 0.429. The lowest BCUT2D eigenvalue weighted by Gasteiger charge is -2.17. The number of aryl methyl sites for hydroxylation is 1. The Morgan fingerprint density at radius 1 is 1.28 bits per heavy atom. The molecule has 0 aromatic heterocycles. The molecule has 1 amide bonds. The van der Waals surface area contributed by atoms with Gasteiger partial charge in [-0.2, -0.15) is 0 Å². The molecule has 0 unspecified atom stereocenters. The van der Waals surface area contributed by atoms with Crippen LogP contribution in [0.4, 0.5) is 0 Å². The number of Topliss-reactive ketones (excluding diaryl/α,β-unsaturated/α-hetero) is 1. The SMILES string of the molecule is Cc1cccc(C(=O)NCC(=O)C(C)(C)C)c1I. The van der Waals surface area contributed by atoms with Crippen LogP contribution in [0.2, 0.25) is 0 Å². The van der Waals surface area contributed by atoms with Gasteiger partial charge < -0.3 is 5.32 Å². The highest BCUT2D eigenvalue weighted by Crippen LogP contribution is 2.17. The number of hydrogen-bond donors (Lipinski definition) is 1. The van der Waals surface area contributed by atoms with Crippen LogP contribution < -0.4 is 5.32 Å². The smallest absolute Gasteiger partial charge is 0.252 e. The number of benzene rings is 1. The van der Waals surface area contributed by atoms with E-state index in [-0.39, 0.29) is 18.2 Å². The second kappa shape index (κ2) is 5.82. The molecule has 0 heterocycles. The molecule has 18 heavy (non-hydrogen) atoms. The van der Waals surface area contributed by atoms with Gasteiger partial charge in [0.15, 0.2) is 5.78 Å². The lowest BCUT2D eigenvalue weighted by molar-refractivity contribution is -0.125. The molecule has 1 N–H and O–H groups in total. The topological polar surface area (TPSA) is 46.2 Å². The molecule has 0 bridgehead atoms. The molecular formula is C14H18INO2. The Morgan fingerprint density at radius 2 is 1.89 bits per heavy atom. The van der Waals surface area contributed by atoms with Gasteiger partial charge in [-0.25, -0.2) is 0 Å². The average Bonchev–Trinajstić information content (AvgIpc) is 2.27. The van der Waals surface area contributed by atoms with E-state index in [1.165, 1.54) is 0 Å². The predicted molar refractivity (Wildman–Crippen MR) is 80.7 cm³/mol. The van der Waals surface area contributed by atoms with E-state index in [0.717, 1.165) is 9.13 Å². The Morgan fingerprint density at radius 3 is 2.44 bits per heavy atom. The van der Waals surface area contributed by atoms with Crippen LogP contribution in [0.1, 0.15) is 36.7 Å². The molecule has 0 atom stereocenters. The zero-order valence-electron chi connectivity index (χ0n) is 11.1. The van der Waals surface area contributed by atoms with Gasteiger partial charge in [-0.3, -0.25) is 9.59 Å².